The summed E-state index contributed by atoms with van der Waals surface area (Å²) in [6, 6.07) is 7.23. The number of fused-ring (bicyclic) bond motifs is 1. The van der Waals surface area contributed by atoms with Crippen molar-refractivity contribution in [2.24, 2.45) is 0 Å². The Morgan fingerprint density at radius 2 is 2.05 bits per heavy atom. The molecule has 1 aromatic heterocycles. The lowest BCUT2D eigenvalue weighted by molar-refractivity contribution is 0.0407. The summed E-state index contributed by atoms with van der Waals surface area (Å²) in [5.41, 5.74) is 1.34. The summed E-state index contributed by atoms with van der Waals surface area (Å²) in [5, 5.41) is 17.5. The van der Waals surface area contributed by atoms with Crippen LogP contribution in [0, 0.1) is 0 Å². The van der Waals surface area contributed by atoms with E-state index in [1.807, 2.05) is 12.1 Å². The molecule has 2 aromatic rings. The zero-order chi connectivity index (χ0) is 15.9. The van der Waals surface area contributed by atoms with Gasteiger partial charge in [-0.2, -0.15) is 0 Å². The molecule has 1 heterocycles. The number of nitrogens with zero attached hydrogens (tertiary/aromatic N) is 1. The van der Waals surface area contributed by atoms with Crippen LogP contribution in [0.25, 0.3) is 11.1 Å². The molecular formula is C13H13NO7S. The monoisotopic (exact) mass is 327 g/mol. The number of carbonyl (C=O) groups is 2. The number of aromatic nitrogens is 1. The number of carboxylic acid groups (broad SMARTS) is 2. The lowest BCUT2D eigenvalue weighted by Gasteiger charge is -2.13. The predicted molar refractivity (Wildman–Crippen MR) is 76.2 cm³/mol. The third-order valence-corrected chi connectivity index (χ3v) is 3.56. The van der Waals surface area contributed by atoms with Gasteiger partial charge in [0.1, 0.15) is 11.6 Å². The molecule has 0 aliphatic rings. The van der Waals surface area contributed by atoms with Crippen LogP contribution in [-0.4, -0.2) is 46.0 Å². The molecule has 0 spiro atoms. The molecule has 0 fully saturated rings. The van der Waals surface area contributed by atoms with E-state index >= 15 is 0 Å². The average Bonchev–Trinajstić information content (AvgIpc) is 2.86. The van der Waals surface area contributed by atoms with Crippen molar-refractivity contribution in [3.05, 3.63) is 24.3 Å². The molecule has 0 radical (unpaired) electrons. The van der Waals surface area contributed by atoms with Crippen molar-refractivity contribution in [3.8, 4) is 0 Å². The number of rotatable bonds is 7. The standard InChI is InChI=1S/C13H13NO7S/c15-12(16)19-6-5-8(20-13(17)18)7-22-11-14-9-3-1-2-4-10(9)21-11/h1-4,8H,5-7H2,(H,15,16)(H,17,18). The molecule has 2 N–H and O–H groups in total. The van der Waals surface area contributed by atoms with E-state index in [4.69, 9.17) is 14.6 Å². The summed E-state index contributed by atoms with van der Waals surface area (Å²) >= 11 is 1.19. The Labute approximate surface area is 129 Å². The van der Waals surface area contributed by atoms with E-state index in [1.165, 1.54) is 11.8 Å². The van der Waals surface area contributed by atoms with Crippen molar-refractivity contribution in [1.82, 2.24) is 4.98 Å². The quantitative estimate of drug-likeness (QED) is 0.584. The van der Waals surface area contributed by atoms with Gasteiger partial charge >= 0.3 is 12.3 Å². The van der Waals surface area contributed by atoms with Gasteiger partial charge in [0.15, 0.2) is 5.58 Å². The van der Waals surface area contributed by atoms with E-state index in [0.717, 1.165) is 0 Å². The van der Waals surface area contributed by atoms with Crippen LogP contribution >= 0.6 is 11.8 Å². The molecule has 2 rings (SSSR count). The highest BCUT2D eigenvalue weighted by Crippen LogP contribution is 2.24. The number of thioether (sulfide) groups is 1. The molecule has 0 bridgehead atoms. The van der Waals surface area contributed by atoms with Gasteiger partial charge in [0, 0.05) is 12.2 Å². The number of oxazole rings is 1. The van der Waals surface area contributed by atoms with Crippen molar-refractivity contribution in [2.45, 2.75) is 17.7 Å². The first-order valence-corrected chi connectivity index (χ1v) is 7.27. The van der Waals surface area contributed by atoms with Crippen LogP contribution in [0.15, 0.2) is 33.9 Å². The van der Waals surface area contributed by atoms with Gasteiger partial charge < -0.3 is 24.1 Å². The smallest absolute Gasteiger partial charge is 0.450 e. The summed E-state index contributed by atoms with van der Waals surface area (Å²) in [6.07, 6.45) is -3.46. The maximum absolute atomic E-state index is 10.6. The van der Waals surface area contributed by atoms with Gasteiger partial charge in [-0.05, 0) is 12.1 Å². The Hall–Kier alpha value is -2.42. The van der Waals surface area contributed by atoms with Gasteiger partial charge in [-0.1, -0.05) is 23.9 Å². The fourth-order valence-corrected chi connectivity index (χ4v) is 2.55. The molecule has 1 aromatic carbocycles. The third kappa shape index (κ3) is 4.85. The fraction of sp³-hybridized carbons (Fsp3) is 0.308. The van der Waals surface area contributed by atoms with Gasteiger partial charge in [0.25, 0.3) is 5.22 Å². The summed E-state index contributed by atoms with van der Waals surface area (Å²) in [6.45, 7) is -0.151. The van der Waals surface area contributed by atoms with E-state index < -0.39 is 18.4 Å². The summed E-state index contributed by atoms with van der Waals surface area (Å²) in [7, 11) is 0. The molecule has 118 valence electrons. The number of benzene rings is 1. The van der Waals surface area contributed by atoms with Gasteiger partial charge in [-0.15, -0.1) is 0 Å². The first kappa shape index (κ1) is 16.0. The molecule has 0 amide bonds. The molecule has 9 heteroatoms. The van der Waals surface area contributed by atoms with Crippen molar-refractivity contribution in [2.75, 3.05) is 12.4 Å². The third-order valence-electron chi connectivity index (χ3n) is 2.60. The molecule has 0 saturated carbocycles. The Morgan fingerprint density at radius 1 is 1.27 bits per heavy atom. The highest BCUT2D eigenvalue weighted by molar-refractivity contribution is 7.99. The lowest BCUT2D eigenvalue weighted by atomic mass is 10.3. The Morgan fingerprint density at radius 3 is 2.73 bits per heavy atom. The van der Waals surface area contributed by atoms with Crippen LogP contribution < -0.4 is 0 Å². The Balaban J connectivity index is 1.91. The molecule has 1 unspecified atom stereocenters. The first-order valence-electron chi connectivity index (χ1n) is 6.28. The maximum atomic E-state index is 10.6. The summed E-state index contributed by atoms with van der Waals surface area (Å²) in [5.74, 6) is 0.238. The van der Waals surface area contributed by atoms with Crippen LogP contribution in [0.1, 0.15) is 6.42 Å². The summed E-state index contributed by atoms with van der Waals surface area (Å²) < 4.78 is 14.5. The van der Waals surface area contributed by atoms with E-state index in [9.17, 15) is 9.59 Å². The highest BCUT2D eigenvalue weighted by atomic mass is 32.2. The SMILES string of the molecule is O=C(O)OCCC(CSc1nc2ccccc2o1)OC(=O)O. The van der Waals surface area contributed by atoms with Crippen LogP contribution in [0.2, 0.25) is 0 Å². The minimum atomic E-state index is -1.43. The van der Waals surface area contributed by atoms with Crippen molar-refractivity contribution in [1.29, 1.82) is 0 Å². The van der Waals surface area contributed by atoms with E-state index in [2.05, 4.69) is 14.5 Å². The molecule has 0 saturated heterocycles. The lowest BCUT2D eigenvalue weighted by Crippen LogP contribution is -2.22. The number of para-hydroxylation sites is 2. The summed E-state index contributed by atoms with van der Waals surface area (Å²) in [4.78, 5) is 25.1. The average molecular weight is 327 g/mol. The van der Waals surface area contributed by atoms with Crippen molar-refractivity contribution < 1.29 is 33.7 Å². The van der Waals surface area contributed by atoms with Crippen LogP contribution in [0.4, 0.5) is 9.59 Å². The van der Waals surface area contributed by atoms with E-state index in [1.54, 1.807) is 12.1 Å². The van der Waals surface area contributed by atoms with Gasteiger partial charge in [0.2, 0.25) is 0 Å². The number of hydrogen-bond acceptors (Lipinski definition) is 7. The van der Waals surface area contributed by atoms with Crippen molar-refractivity contribution in [3.63, 3.8) is 0 Å². The predicted octanol–water partition coefficient (Wildman–Crippen LogP) is 3.07. The zero-order valence-electron chi connectivity index (χ0n) is 11.3. The Kier molecular flexibility index (Phi) is 5.48. The molecular weight excluding hydrogens is 314 g/mol. The largest absolute Gasteiger partial charge is 0.506 e. The second-order valence-corrected chi connectivity index (χ2v) is 5.14. The second kappa shape index (κ2) is 7.55. The normalized spacial score (nSPS) is 12.0. The number of ether oxygens (including phenoxy) is 2. The van der Waals surface area contributed by atoms with Gasteiger partial charge in [0.05, 0.1) is 6.61 Å². The topological polar surface area (TPSA) is 119 Å². The maximum Gasteiger partial charge on any atom is 0.506 e. The van der Waals surface area contributed by atoms with Crippen LogP contribution in [-0.2, 0) is 9.47 Å². The van der Waals surface area contributed by atoms with Crippen molar-refractivity contribution >= 4 is 35.2 Å². The van der Waals surface area contributed by atoms with E-state index in [0.29, 0.717) is 16.3 Å². The first-order chi connectivity index (χ1) is 10.5. The van der Waals surface area contributed by atoms with Crippen LogP contribution in [0.3, 0.4) is 0 Å². The van der Waals surface area contributed by atoms with Crippen LogP contribution in [0.5, 0.6) is 0 Å². The number of hydrogen-bond donors (Lipinski definition) is 2. The van der Waals surface area contributed by atoms with Gasteiger partial charge in [-0.3, -0.25) is 0 Å². The van der Waals surface area contributed by atoms with E-state index in [-0.39, 0.29) is 18.8 Å². The minimum Gasteiger partial charge on any atom is -0.450 e. The molecule has 0 aliphatic heterocycles. The minimum absolute atomic E-state index is 0.117. The molecule has 22 heavy (non-hydrogen) atoms. The molecule has 1 atom stereocenters. The van der Waals surface area contributed by atoms with Gasteiger partial charge in [-0.25, -0.2) is 14.6 Å². The fourth-order valence-electron chi connectivity index (χ4n) is 1.67. The molecule has 8 nitrogen and oxygen atoms in total. The molecule has 0 aliphatic carbocycles. The highest BCUT2D eigenvalue weighted by Gasteiger charge is 2.17. The second-order valence-electron chi connectivity index (χ2n) is 4.17. The zero-order valence-corrected chi connectivity index (χ0v) is 12.1. The Bertz CT molecular complexity index is 624.